The summed E-state index contributed by atoms with van der Waals surface area (Å²) in [6.45, 7) is 2.06. The third-order valence-electron chi connectivity index (χ3n) is 1.72. The molecule has 9 heavy (non-hydrogen) atoms. The van der Waals surface area contributed by atoms with E-state index >= 15 is 0 Å². The fourth-order valence-corrected chi connectivity index (χ4v) is 1.15. The zero-order valence-corrected chi connectivity index (χ0v) is 5.55. The minimum atomic E-state index is -0.223. The summed E-state index contributed by atoms with van der Waals surface area (Å²) in [6.07, 6.45) is 1.96. The molecule has 1 aliphatic heterocycles. The molecule has 1 fully saturated rings. The molecule has 3 N–H and O–H groups in total. The fraction of sp³-hybridized carbons (Fsp3) is 0.833. The lowest BCUT2D eigenvalue weighted by Crippen LogP contribution is -2.38. The van der Waals surface area contributed by atoms with Gasteiger partial charge >= 0.3 is 0 Å². The van der Waals surface area contributed by atoms with E-state index in [1.807, 2.05) is 0 Å². The molecule has 1 saturated heterocycles. The molecule has 1 rings (SSSR count). The van der Waals surface area contributed by atoms with Gasteiger partial charge in [-0.3, -0.25) is 4.79 Å². The van der Waals surface area contributed by atoms with Crippen LogP contribution in [0.15, 0.2) is 0 Å². The van der Waals surface area contributed by atoms with Crippen LogP contribution in [-0.2, 0) is 4.79 Å². The maximum Gasteiger partial charge on any atom is 0.234 e. The SMILES string of the molecule is C[C@@H]1CC[C@H](C(N)=O)N1. The van der Waals surface area contributed by atoms with Crippen LogP contribution in [0.4, 0.5) is 0 Å². The summed E-state index contributed by atoms with van der Waals surface area (Å²) >= 11 is 0. The molecule has 3 heteroatoms. The van der Waals surface area contributed by atoms with Gasteiger partial charge in [-0.25, -0.2) is 0 Å². The molecule has 0 unspecified atom stereocenters. The smallest absolute Gasteiger partial charge is 0.234 e. The fourth-order valence-electron chi connectivity index (χ4n) is 1.15. The Labute approximate surface area is 54.6 Å². The van der Waals surface area contributed by atoms with Crippen molar-refractivity contribution in [3.8, 4) is 0 Å². The Morgan fingerprint density at radius 3 is 2.56 bits per heavy atom. The normalized spacial score (nSPS) is 34.8. The molecule has 1 heterocycles. The van der Waals surface area contributed by atoms with Crippen molar-refractivity contribution in [3.63, 3.8) is 0 Å². The predicted octanol–water partition coefficient (Wildman–Crippen LogP) is -0.388. The van der Waals surface area contributed by atoms with Gasteiger partial charge in [0.1, 0.15) is 0 Å². The van der Waals surface area contributed by atoms with Crippen LogP contribution in [0.2, 0.25) is 0 Å². The van der Waals surface area contributed by atoms with Gasteiger partial charge in [0.2, 0.25) is 5.91 Å². The summed E-state index contributed by atoms with van der Waals surface area (Å²) in [4.78, 5) is 10.5. The molecule has 0 aromatic carbocycles. The quantitative estimate of drug-likeness (QED) is 0.505. The zero-order valence-electron chi connectivity index (χ0n) is 5.55. The van der Waals surface area contributed by atoms with Crippen molar-refractivity contribution in [2.45, 2.75) is 31.8 Å². The second-order valence-corrected chi connectivity index (χ2v) is 2.60. The van der Waals surface area contributed by atoms with Crippen LogP contribution in [0.1, 0.15) is 19.8 Å². The van der Waals surface area contributed by atoms with E-state index in [2.05, 4.69) is 12.2 Å². The number of hydrogen-bond donors (Lipinski definition) is 2. The Bertz CT molecular complexity index is 124. The van der Waals surface area contributed by atoms with Crippen LogP contribution in [0.3, 0.4) is 0 Å². The van der Waals surface area contributed by atoms with Crippen molar-refractivity contribution < 1.29 is 4.79 Å². The molecule has 0 radical (unpaired) electrons. The molecule has 0 spiro atoms. The van der Waals surface area contributed by atoms with Crippen LogP contribution in [0.25, 0.3) is 0 Å². The molecule has 0 aromatic rings. The Kier molecular flexibility index (Phi) is 1.71. The zero-order chi connectivity index (χ0) is 6.85. The summed E-state index contributed by atoms with van der Waals surface area (Å²) in [5.41, 5.74) is 5.06. The van der Waals surface area contributed by atoms with Crippen LogP contribution in [-0.4, -0.2) is 18.0 Å². The minimum absolute atomic E-state index is 0.0694. The average molecular weight is 128 g/mol. The van der Waals surface area contributed by atoms with Crippen molar-refractivity contribution in [1.29, 1.82) is 0 Å². The first-order chi connectivity index (χ1) is 4.20. The van der Waals surface area contributed by atoms with Gasteiger partial charge in [-0.1, -0.05) is 0 Å². The average Bonchev–Trinajstić information content (AvgIpc) is 2.14. The van der Waals surface area contributed by atoms with Gasteiger partial charge < -0.3 is 11.1 Å². The summed E-state index contributed by atoms with van der Waals surface area (Å²) in [7, 11) is 0. The molecule has 3 nitrogen and oxygen atoms in total. The third-order valence-corrected chi connectivity index (χ3v) is 1.72. The first kappa shape index (κ1) is 6.55. The number of carbonyl (C=O) groups excluding carboxylic acids is 1. The lowest BCUT2D eigenvalue weighted by Gasteiger charge is -2.05. The second kappa shape index (κ2) is 2.35. The number of nitrogens with two attached hydrogens (primary N) is 1. The maximum atomic E-state index is 10.5. The Morgan fingerprint density at radius 1 is 1.67 bits per heavy atom. The van der Waals surface area contributed by atoms with Crippen LogP contribution < -0.4 is 11.1 Å². The minimum Gasteiger partial charge on any atom is -0.368 e. The van der Waals surface area contributed by atoms with E-state index in [1.54, 1.807) is 0 Å². The summed E-state index contributed by atoms with van der Waals surface area (Å²) in [6, 6.07) is 0.391. The van der Waals surface area contributed by atoms with E-state index in [-0.39, 0.29) is 11.9 Å². The van der Waals surface area contributed by atoms with E-state index in [0.29, 0.717) is 6.04 Å². The van der Waals surface area contributed by atoms with E-state index in [0.717, 1.165) is 12.8 Å². The largest absolute Gasteiger partial charge is 0.368 e. The first-order valence-electron chi connectivity index (χ1n) is 3.25. The molecule has 0 aromatic heterocycles. The third kappa shape index (κ3) is 1.42. The summed E-state index contributed by atoms with van der Waals surface area (Å²) in [5.74, 6) is -0.223. The van der Waals surface area contributed by atoms with Gasteiger partial charge in [-0.2, -0.15) is 0 Å². The number of nitrogens with one attached hydrogen (secondary N) is 1. The van der Waals surface area contributed by atoms with Gasteiger partial charge in [0.15, 0.2) is 0 Å². The molecule has 0 saturated carbocycles. The Morgan fingerprint density at radius 2 is 2.33 bits per heavy atom. The molecular formula is C6H12N2O. The van der Waals surface area contributed by atoms with Crippen molar-refractivity contribution in [3.05, 3.63) is 0 Å². The predicted molar refractivity (Wildman–Crippen MR) is 34.8 cm³/mol. The Hall–Kier alpha value is -0.570. The highest BCUT2D eigenvalue weighted by molar-refractivity contribution is 5.80. The highest BCUT2D eigenvalue weighted by Crippen LogP contribution is 2.10. The standard InChI is InChI=1S/C6H12N2O/c1-4-2-3-5(8-4)6(7)9/h4-5,8H,2-3H2,1H3,(H2,7,9)/t4-,5-/m1/s1. The molecular weight excluding hydrogens is 116 g/mol. The van der Waals surface area contributed by atoms with Gasteiger partial charge in [-0.05, 0) is 19.8 Å². The van der Waals surface area contributed by atoms with Crippen LogP contribution >= 0.6 is 0 Å². The lowest BCUT2D eigenvalue weighted by molar-refractivity contribution is -0.119. The highest BCUT2D eigenvalue weighted by Gasteiger charge is 2.23. The van der Waals surface area contributed by atoms with Crippen molar-refractivity contribution in [2.75, 3.05) is 0 Å². The molecule has 0 aliphatic carbocycles. The molecule has 52 valence electrons. The van der Waals surface area contributed by atoms with Crippen molar-refractivity contribution in [2.24, 2.45) is 5.73 Å². The van der Waals surface area contributed by atoms with E-state index < -0.39 is 0 Å². The summed E-state index contributed by atoms with van der Waals surface area (Å²) < 4.78 is 0. The first-order valence-corrected chi connectivity index (χ1v) is 3.25. The van der Waals surface area contributed by atoms with Crippen LogP contribution in [0, 0.1) is 0 Å². The van der Waals surface area contributed by atoms with Gasteiger partial charge in [0.05, 0.1) is 6.04 Å². The van der Waals surface area contributed by atoms with Crippen LogP contribution in [0.5, 0.6) is 0 Å². The van der Waals surface area contributed by atoms with Crippen molar-refractivity contribution in [1.82, 2.24) is 5.32 Å². The topological polar surface area (TPSA) is 55.1 Å². The number of carbonyl (C=O) groups is 1. The van der Waals surface area contributed by atoms with Gasteiger partial charge in [0.25, 0.3) is 0 Å². The molecule has 1 amide bonds. The summed E-state index contributed by atoms with van der Waals surface area (Å²) in [5, 5.41) is 3.08. The second-order valence-electron chi connectivity index (χ2n) is 2.60. The number of hydrogen-bond acceptors (Lipinski definition) is 2. The van der Waals surface area contributed by atoms with Gasteiger partial charge in [0, 0.05) is 6.04 Å². The van der Waals surface area contributed by atoms with E-state index in [9.17, 15) is 4.79 Å². The number of rotatable bonds is 1. The monoisotopic (exact) mass is 128 g/mol. The Balaban J connectivity index is 2.39. The van der Waals surface area contributed by atoms with Gasteiger partial charge in [-0.15, -0.1) is 0 Å². The van der Waals surface area contributed by atoms with E-state index in [4.69, 9.17) is 5.73 Å². The van der Waals surface area contributed by atoms with Crippen molar-refractivity contribution >= 4 is 5.91 Å². The highest BCUT2D eigenvalue weighted by atomic mass is 16.1. The molecule has 2 atom stereocenters. The number of amides is 1. The maximum absolute atomic E-state index is 10.5. The molecule has 0 bridgehead atoms. The molecule has 1 aliphatic rings. The number of primary amides is 1. The lowest BCUT2D eigenvalue weighted by atomic mass is 10.2. The van der Waals surface area contributed by atoms with E-state index in [1.165, 1.54) is 0 Å².